The van der Waals surface area contributed by atoms with Gasteiger partial charge in [-0.15, -0.1) is 0 Å². The molecule has 3 N–H and O–H groups in total. The third-order valence-electron chi connectivity index (χ3n) is 4.82. The van der Waals surface area contributed by atoms with E-state index in [0.29, 0.717) is 0 Å². The van der Waals surface area contributed by atoms with Crippen molar-refractivity contribution in [3.63, 3.8) is 0 Å². The van der Waals surface area contributed by atoms with Crippen LogP contribution in [0.2, 0.25) is 0 Å². The monoisotopic (exact) mass is 433 g/mol. The fourth-order valence-electron chi connectivity index (χ4n) is 3.06. The number of urea groups is 1. The van der Waals surface area contributed by atoms with Crippen LogP contribution >= 0.6 is 0 Å². The number of halogens is 3. The zero-order valence-electron chi connectivity index (χ0n) is 16.3. The molecule has 2 aromatic heterocycles. The molecule has 1 aromatic carbocycles. The smallest absolute Gasteiger partial charge is 0.361 e. The van der Waals surface area contributed by atoms with Gasteiger partial charge in [-0.1, -0.05) is 18.2 Å². The van der Waals surface area contributed by atoms with Crippen LogP contribution in [0.25, 0.3) is 11.1 Å². The van der Waals surface area contributed by atoms with E-state index >= 15 is 0 Å². The molecule has 0 unspecified atom stereocenters. The third kappa shape index (κ3) is 4.44. The van der Waals surface area contributed by atoms with E-state index in [1.54, 1.807) is 6.92 Å². The molecule has 0 saturated heterocycles. The number of hydrogen-bond acceptors (Lipinski definition) is 6. The van der Waals surface area contributed by atoms with E-state index in [9.17, 15) is 22.8 Å². The first kappa shape index (κ1) is 20.6. The maximum Gasteiger partial charge on any atom is 0.361 e. The van der Waals surface area contributed by atoms with Gasteiger partial charge in [0.25, 0.3) is 6.43 Å². The second-order valence-corrected chi connectivity index (χ2v) is 7.18. The Kier molecular flexibility index (Phi) is 5.49. The number of fused-ring (bicyclic) bond motifs is 1. The average Bonchev–Trinajstić information content (AvgIpc) is 3.52. The lowest BCUT2D eigenvalue weighted by molar-refractivity contribution is 0.146. The number of benzene rings is 1. The Hall–Kier alpha value is -3.63. The van der Waals surface area contributed by atoms with Crippen LogP contribution in [0.15, 0.2) is 39.8 Å². The minimum atomic E-state index is -2.95. The lowest BCUT2D eigenvalue weighted by atomic mass is 10.0. The highest BCUT2D eigenvalue weighted by Crippen LogP contribution is 2.30. The Morgan fingerprint density at radius 2 is 1.97 bits per heavy atom. The van der Waals surface area contributed by atoms with E-state index in [0.717, 1.165) is 25.2 Å². The molecule has 2 heterocycles. The van der Waals surface area contributed by atoms with Crippen molar-refractivity contribution >= 4 is 28.6 Å². The zero-order chi connectivity index (χ0) is 22.1. The fraction of sp³-hybridized carbons (Fsp3) is 0.300. The first-order valence-electron chi connectivity index (χ1n) is 9.53. The zero-order valence-corrected chi connectivity index (χ0v) is 16.3. The van der Waals surface area contributed by atoms with E-state index < -0.39 is 35.5 Å². The molecule has 162 valence electrons. The minimum absolute atomic E-state index is 0.0177. The number of carbonyl (C=O) groups is 1. The van der Waals surface area contributed by atoms with E-state index in [2.05, 4.69) is 25.9 Å². The molecule has 8 nitrogen and oxygen atoms in total. The molecule has 0 aliphatic heterocycles. The standard InChI is InChI=1S/C20H18F3N5O3/c1-9(11-3-2-4-12(15(11)21)16(22)23)26-17-13-7-14(28-20(30)27-10-5-6-10)19(29)31-18(13)25-8-24-17/h2-4,7-10,16H,5-6H2,1H3,(H,24,25,26)(H2,27,28,30)/t9-/m1/s1. The van der Waals surface area contributed by atoms with Gasteiger partial charge in [-0.25, -0.2) is 32.7 Å². The topological polar surface area (TPSA) is 109 Å². The van der Waals surface area contributed by atoms with Crippen LogP contribution in [0.4, 0.5) is 29.5 Å². The van der Waals surface area contributed by atoms with Crippen molar-refractivity contribution in [3.8, 4) is 0 Å². The van der Waals surface area contributed by atoms with E-state index in [1.165, 1.54) is 18.2 Å². The molecule has 0 bridgehead atoms. The average molecular weight is 433 g/mol. The summed E-state index contributed by atoms with van der Waals surface area (Å²) >= 11 is 0. The van der Waals surface area contributed by atoms with Crippen molar-refractivity contribution in [3.05, 3.63) is 58.0 Å². The molecular formula is C20H18F3N5O3. The number of nitrogens with zero attached hydrogens (tertiary/aromatic N) is 2. The van der Waals surface area contributed by atoms with Gasteiger partial charge in [0.05, 0.1) is 17.0 Å². The number of carbonyl (C=O) groups excluding carboxylic acids is 1. The number of anilines is 2. The van der Waals surface area contributed by atoms with Gasteiger partial charge in [-0.3, -0.25) is 0 Å². The van der Waals surface area contributed by atoms with Crippen LogP contribution in [0.5, 0.6) is 0 Å². The molecule has 1 aliphatic carbocycles. The van der Waals surface area contributed by atoms with Gasteiger partial charge in [0.2, 0.25) is 5.71 Å². The molecule has 0 radical (unpaired) electrons. The number of alkyl halides is 2. The summed E-state index contributed by atoms with van der Waals surface area (Å²) in [7, 11) is 0. The number of nitrogens with one attached hydrogen (secondary N) is 3. The highest BCUT2D eigenvalue weighted by molar-refractivity contribution is 5.93. The number of amides is 2. The molecule has 31 heavy (non-hydrogen) atoms. The fourth-order valence-corrected chi connectivity index (χ4v) is 3.06. The molecule has 1 saturated carbocycles. The Morgan fingerprint density at radius 3 is 2.68 bits per heavy atom. The summed E-state index contributed by atoms with van der Waals surface area (Å²) in [5.41, 5.74) is -1.65. The molecule has 3 aromatic rings. The maximum atomic E-state index is 14.5. The number of rotatable bonds is 6. The van der Waals surface area contributed by atoms with Gasteiger partial charge in [0.1, 0.15) is 23.6 Å². The van der Waals surface area contributed by atoms with Gasteiger partial charge in [-0.05, 0) is 25.8 Å². The quantitative estimate of drug-likeness (QED) is 0.540. The Bertz CT molecular complexity index is 1200. The first-order valence-corrected chi connectivity index (χ1v) is 9.53. The second kappa shape index (κ2) is 8.25. The third-order valence-corrected chi connectivity index (χ3v) is 4.82. The van der Waals surface area contributed by atoms with Crippen LogP contribution in [-0.2, 0) is 0 Å². The lowest BCUT2D eigenvalue weighted by Crippen LogP contribution is -2.32. The van der Waals surface area contributed by atoms with Gasteiger partial charge < -0.3 is 20.4 Å². The van der Waals surface area contributed by atoms with Crippen LogP contribution in [-0.4, -0.2) is 22.0 Å². The second-order valence-electron chi connectivity index (χ2n) is 7.18. The van der Waals surface area contributed by atoms with Crippen LogP contribution in [0.1, 0.15) is 43.4 Å². The van der Waals surface area contributed by atoms with Gasteiger partial charge in [0, 0.05) is 11.6 Å². The van der Waals surface area contributed by atoms with E-state index in [1.807, 2.05) is 0 Å². The molecule has 1 fully saturated rings. The summed E-state index contributed by atoms with van der Waals surface area (Å²) in [5.74, 6) is -0.838. The normalized spacial score (nSPS) is 14.5. The largest absolute Gasteiger partial charge is 0.402 e. The van der Waals surface area contributed by atoms with Crippen molar-refractivity contribution in [1.29, 1.82) is 0 Å². The summed E-state index contributed by atoms with van der Waals surface area (Å²) in [4.78, 5) is 32.1. The number of hydrogen-bond donors (Lipinski definition) is 3. The predicted octanol–water partition coefficient (Wildman–Crippen LogP) is 4.12. The maximum absolute atomic E-state index is 14.5. The lowest BCUT2D eigenvalue weighted by Gasteiger charge is -2.18. The Morgan fingerprint density at radius 1 is 1.23 bits per heavy atom. The van der Waals surface area contributed by atoms with Gasteiger partial charge in [-0.2, -0.15) is 0 Å². The van der Waals surface area contributed by atoms with Crippen LogP contribution in [0, 0.1) is 5.82 Å². The molecule has 1 atom stereocenters. The Labute approximate surface area is 173 Å². The molecule has 1 aliphatic rings. The Balaban J connectivity index is 1.64. The van der Waals surface area contributed by atoms with Crippen LogP contribution in [0.3, 0.4) is 0 Å². The predicted molar refractivity (Wildman–Crippen MR) is 107 cm³/mol. The summed E-state index contributed by atoms with van der Waals surface area (Å²) < 4.78 is 45.7. The van der Waals surface area contributed by atoms with Crippen molar-refractivity contribution in [2.45, 2.75) is 38.3 Å². The molecule has 2 amide bonds. The van der Waals surface area contributed by atoms with E-state index in [-0.39, 0.29) is 34.2 Å². The summed E-state index contributed by atoms with van der Waals surface area (Å²) in [6.07, 6.45) is -0.0537. The summed E-state index contributed by atoms with van der Waals surface area (Å²) in [6, 6.07) is 3.89. The number of aromatic nitrogens is 2. The van der Waals surface area contributed by atoms with Crippen molar-refractivity contribution in [1.82, 2.24) is 15.3 Å². The molecule has 4 rings (SSSR count). The van der Waals surface area contributed by atoms with Crippen LogP contribution < -0.4 is 21.6 Å². The highest BCUT2D eigenvalue weighted by Gasteiger charge is 2.24. The highest BCUT2D eigenvalue weighted by atomic mass is 19.3. The SMILES string of the molecule is C[C@@H](Nc1ncnc2oc(=O)c(NC(=O)NC3CC3)cc12)c1cccc(C(F)F)c1F. The summed E-state index contributed by atoms with van der Waals surface area (Å²) in [6.45, 7) is 1.57. The summed E-state index contributed by atoms with van der Waals surface area (Å²) in [5, 5.41) is 8.29. The van der Waals surface area contributed by atoms with Crippen molar-refractivity contribution in [2.24, 2.45) is 0 Å². The first-order chi connectivity index (χ1) is 14.8. The molecule has 11 heteroatoms. The van der Waals surface area contributed by atoms with Crippen molar-refractivity contribution in [2.75, 3.05) is 10.6 Å². The van der Waals surface area contributed by atoms with Gasteiger partial charge in [0.15, 0.2) is 0 Å². The molecular weight excluding hydrogens is 415 g/mol. The van der Waals surface area contributed by atoms with Crippen molar-refractivity contribution < 1.29 is 22.4 Å². The molecule has 0 spiro atoms. The van der Waals surface area contributed by atoms with Gasteiger partial charge >= 0.3 is 11.7 Å². The minimum Gasteiger partial charge on any atom is -0.402 e. The van der Waals surface area contributed by atoms with E-state index in [4.69, 9.17) is 4.42 Å².